The second-order valence-electron chi connectivity index (χ2n) is 9.44. The molecule has 0 aliphatic rings. The summed E-state index contributed by atoms with van der Waals surface area (Å²) in [5.41, 5.74) is 2.52. The van der Waals surface area contributed by atoms with Gasteiger partial charge in [0.05, 0.1) is 13.2 Å². The van der Waals surface area contributed by atoms with Crippen molar-refractivity contribution in [3.63, 3.8) is 0 Å². The van der Waals surface area contributed by atoms with Crippen LogP contribution in [0.2, 0.25) is 0 Å². The second-order valence-corrected chi connectivity index (χ2v) is 10.2. The molecule has 0 saturated carbocycles. The Morgan fingerprint density at radius 3 is 1.22 bits per heavy atom. The predicted octanol–water partition coefficient (Wildman–Crippen LogP) is 9.26. The summed E-state index contributed by atoms with van der Waals surface area (Å²) in [5.74, 6) is 0. The molecule has 0 aliphatic heterocycles. The van der Waals surface area contributed by atoms with Gasteiger partial charge in [0, 0.05) is 25.2 Å². The largest absolute Gasteiger partial charge is 0.396 e. The molecule has 1 N–H and O–H groups in total. The van der Waals surface area contributed by atoms with Gasteiger partial charge in [0.25, 0.3) is 0 Å². The minimum Gasteiger partial charge on any atom is -0.396 e. The number of unbranched alkanes of at least 4 members (excludes halogenated alkanes) is 12. The Labute approximate surface area is 230 Å². The van der Waals surface area contributed by atoms with Crippen LogP contribution in [0, 0.1) is 0 Å². The summed E-state index contributed by atoms with van der Waals surface area (Å²) in [5, 5.41) is 9.80. The molecule has 36 heavy (non-hydrogen) atoms. The Morgan fingerprint density at radius 1 is 0.472 bits per heavy atom. The van der Waals surface area contributed by atoms with Gasteiger partial charge in [-0.3, -0.25) is 0 Å². The van der Waals surface area contributed by atoms with Gasteiger partial charge in [-0.15, -0.1) is 0 Å². The van der Waals surface area contributed by atoms with Crippen molar-refractivity contribution in [1.82, 2.24) is 0 Å². The van der Waals surface area contributed by atoms with E-state index in [0.717, 1.165) is 44.6 Å². The number of benzene rings is 2. The lowest BCUT2D eigenvalue weighted by Crippen LogP contribution is -1.95. The predicted molar refractivity (Wildman–Crippen MR) is 158 cm³/mol. The highest BCUT2D eigenvalue weighted by Crippen LogP contribution is 2.09. The summed E-state index contributed by atoms with van der Waals surface area (Å²) < 4.78 is 11.3. The van der Waals surface area contributed by atoms with Crippen molar-refractivity contribution < 1.29 is 14.6 Å². The Hall–Kier alpha value is -1.20. The molecule has 204 valence electrons. The van der Waals surface area contributed by atoms with Crippen LogP contribution in [0.15, 0.2) is 60.7 Å². The highest BCUT2D eigenvalue weighted by Gasteiger charge is 1.95. The van der Waals surface area contributed by atoms with Crippen molar-refractivity contribution in [1.29, 1.82) is 0 Å². The normalized spacial score (nSPS) is 10.7. The highest BCUT2D eigenvalue weighted by molar-refractivity contribution is 9.09. The molecule has 0 fully saturated rings. The zero-order valence-electron chi connectivity index (χ0n) is 22.6. The minimum absolute atomic E-state index is 0.341. The number of aliphatic hydroxyl groups excluding tert-OH is 1. The molecule has 2 aromatic rings. The van der Waals surface area contributed by atoms with Gasteiger partial charge >= 0.3 is 0 Å². The maximum atomic E-state index is 8.64. The Bertz CT molecular complexity index is 606. The van der Waals surface area contributed by atoms with Crippen LogP contribution in [-0.2, 0) is 22.7 Å². The number of halogens is 1. The molecule has 0 heterocycles. The summed E-state index contributed by atoms with van der Waals surface area (Å²) >= 11 is 3.46. The molecule has 0 spiro atoms. The number of alkyl halides is 1. The van der Waals surface area contributed by atoms with Gasteiger partial charge in [0.15, 0.2) is 0 Å². The van der Waals surface area contributed by atoms with E-state index < -0.39 is 0 Å². The number of aliphatic hydroxyl groups is 1. The topological polar surface area (TPSA) is 38.7 Å². The van der Waals surface area contributed by atoms with Crippen molar-refractivity contribution >= 4 is 15.9 Å². The second kappa shape index (κ2) is 26.9. The third kappa shape index (κ3) is 22.0. The van der Waals surface area contributed by atoms with Crippen LogP contribution in [0.25, 0.3) is 0 Å². The molecule has 0 saturated heterocycles. The quantitative estimate of drug-likeness (QED) is 0.115. The van der Waals surface area contributed by atoms with Crippen molar-refractivity contribution in [3.8, 4) is 0 Å². The van der Waals surface area contributed by atoms with Crippen LogP contribution in [0.4, 0.5) is 0 Å². The van der Waals surface area contributed by atoms with E-state index in [4.69, 9.17) is 14.6 Å². The molecule has 2 aromatic carbocycles. The maximum Gasteiger partial charge on any atom is 0.0716 e. The Balaban J connectivity index is 0.000000360. The first-order valence-electron chi connectivity index (χ1n) is 14.3. The first-order chi connectivity index (χ1) is 17.9. The van der Waals surface area contributed by atoms with E-state index >= 15 is 0 Å². The van der Waals surface area contributed by atoms with Crippen molar-refractivity contribution in [3.05, 3.63) is 71.8 Å². The molecule has 2 rings (SSSR count). The monoisotopic (exact) mass is 562 g/mol. The maximum absolute atomic E-state index is 8.64. The first-order valence-corrected chi connectivity index (χ1v) is 15.4. The molecular weight excluding hydrogens is 512 g/mol. The average molecular weight is 564 g/mol. The van der Waals surface area contributed by atoms with Crippen LogP contribution >= 0.6 is 15.9 Å². The fourth-order valence-corrected chi connectivity index (χ4v) is 4.31. The molecule has 0 aliphatic carbocycles. The van der Waals surface area contributed by atoms with Gasteiger partial charge in [-0.25, -0.2) is 0 Å². The van der Waals surface area contributed by atoms with E-state index in [1.165, 1.54) is 88.2 Å². The minimum atomic E-state index is 0.341. The lowest BCUT2D eigenvalue weighted by molar-refractivity contribution is 0.116. The first kappa shape index (κ1) is 32.8. The SMILES string of the molecule is BrCCCCCCCCCOCc1ccccc1.OCCCCCCCCCOCc1ccccc1. The molecule has 0 amide bonds. The van der Waals surface area contributed by atoms with Crippen LogP contribution in [0.5, 0.6) is 0 Å². The van der Waals surface area contributed by atoms with Crippen LogP contribution in [-0.4, -0.2) is 30.3 Å². The third-order valence-corrected chi connectivity index (χ3v) is 6.65. The van der Waals surface area contributed by atoms with Gasteiger partial charge in [0.2, 0.25) is 0 Å². The average Bonchev–Trinajstić information content (AvgIpc) is 2.92. The Kier molecular flexibility index (Phi) is 24.5. The molecular formula is C32H51BrO3. The molecule has 0 atom stereocenters. The van der Waals surface area contributed by atoms with E-state index in [9.17, 15) is 0 Å². The summed E-state index contributed by atoms with van der Waals surface area (Å²) in [4.78, 5) is 0. The number of rotatable bonds is 22. The lowest BCUT2D eigenvalue weighted by Gasteiger charge is -2.04. The van der Waals surface area contributed by atoms with Gasteiger partial charge in [-0.1, -0.05) is 141 Å². The summed E-state index contributed by atoms with van der Waals surface area (Å²) in [6, 6.07) is 20.7. The van der Waals surface area contributed by atoms with Crippen LogP contribution in [0.3, 0.4) is 0 Å². The van der Waals surface area contributed by atoms with E-state index in [0.29, 0.717) is 6.61 Å². The van der Waals surface area contributed by atoms with Crippen LogP contribution < -0.4 is 0 Å². The van der Waals surface area contributed by atoms with Crippen molar-refractivity contribution in [2.24, 2.45) is 0 Å². The van der Waals surface area contributed by atoms with Crippen molar-refractivity contribution in [2.45, 2.75) is 103 Å². The standard InChI is InChI=1S/C16H25BrO.C16H26O2/c2*17-13-9-4-2-1-3-5-10-14-18-15-16-11-7-6-8-12-16/h6-8,11-12H,1-5,9-10,13-15H2;6-8,11-12,17H,1-5,9-10,13-15H2. The lowest BCUT2D eigenvalue weighted by atomic mass is 10.1. The number of ether oxygens (including phenoxy) is 2. The van der Waals surface area contributed by atoms with Crippen LogP contribution in [0.1, 0.15) is 101 Å². The number of hydrogen-bond acceptors (Lipinski definition) is 3. The van der Waals surface area contributed by atoms with E-state index in [-0.39, 0.29) is 0 Å². The van der Waals surface area contributed by atoms with E-state index in [1.54, 1.807) is 0 Å². The number of hydrogen-bond donors (Lipinski definition) is 1. The third-order valence-electron chi connectivity index (χ3n) is 6.09. The molecule has 4 heteroatoms. The Morgan fingerprint density at radius 2 is 0.833 bits per heavy atom. The summed E-state index contributed by atoms with van der Waals surface area (Å²) in [6.07, 6.45) is 17.7. The van der Waals surface area contributed by atoms with Crippen molar-refractivity contribution in [2.75, 3.05) is 25.2 Å². The molecule has 3 nitrogen and oxygen atoms in total. The smallest absolute Gasteiger partial charge is 0.0716 e. The van der Waals surface area contributed by atoms with E-state index in [1.807, 2.05) is 24.3 Å². The molecule has 0 radical (unpaired) electrons. The van der Waals surface area contributed by atoms with E-state index in [2.05, 4.69) is 52.3 Å². The molecule has 0 aromatic heterocycles. The fraction of sp³-hybridized carbons (Fsp3) is 0.625. The molecule has 0 bridgehead atoms. The molecule has 0 unspecified atom stereocenters. The zero-order chi connectivity index (χ0) is 25.8. The van der Waals surface area contributed by atoms with Gasteiger partial charge in [-0.05, 0) is 36.8 Å². The summed E-state index contributed by atoms with van der Waals surface area (Å²) in [6.45, 7) is 3.60. The summed E-state index contributed by atoms with van der Waals surface area (Å²) in [7, 11) is 0. The van der Waals surface area contributed by atoms with Gasteiger partial charge in [0.1, 0.15) is 0 Å². The van der Waals surface area contributed by atoms with Gasteiger partial charge < -0.3 is 14.6 Å². The van der Waals surface area contributed by atoms with Gasteiger partial charge in [-0.2, -0.15) is 0 Å². The highest BCUT2D eigenvalue weighted by atomic mass is 79.9. The fourth-order valence-electron chi connectivity index (χ4n) is 3.91. The zero-order valence-corrected chi connectivity index (χ0v) is 24.1.